The van der Waals surface area contributed by atoms with Gasteiger partial charge in [0.25, 0.3) is 0 Å². The topological polar surface area (TPSA) is 12.0 Å². The summed E-state index contributed by atoms with van der Waals surface area (Å²) in [5.41, 5.74) is 1.68. The predicted octanol–water partition coefficient (Wildman–Crippen LogP) is 4.57. The minimum Gasteiger partial charge on any atom is -0.306 e. The molecular weight excluding hydrogens is 261 g/mol. The smallest absolute Gasteiger partial charge is 0.128 e. The summed E-state index contributed by atoms with van der Waals surface area (Å²) in [7, 11) is 0. The highest BCUT2D eigenvalue weighted by Gasteiger charge is 2.16. The van der Waals surface area contributed by atoms with Crippen LogP contribution in [0.25, 0.3) is 0 Å². The zero-order valence-corrected chi connectivity index (χ0v) is 11.6. The molecule has 2 rings (SSSR count). The fourth-order valence-electron chi connectivity index (χ4n) is 2.06. The molecular formula is C16H17ClFN. The first kappa shape index (κ1) is 14.0. The molecule has 0 aliphatic heterocycles. The number of hydrogen-bond acceptors (Lipinski definition) is 1. The minimum absolute atomic E-state index is 0.140. The minimum atomic E-state index is -0.189. The second kappa shape index (κ2) is 6.69. The molecule has 1 nitrogen and oxygen atoms in total. The Morgan fingerprint density at radius 3 is 2.42 bits per heavy atom. The van der Waals surface area contributed by atoms with Crippen molar-refractivity contribution in [1.82, 2.24) is 5.32 Å². The van der Waals surface area contributed by atoms with Crippen LogP contribution >= 0.6 is 11.6 Å². The van der Waals surface area contributed by atoms with Crippen LogP contribution in [0.1, 0.15) is 30.5 Å². The molecule has 0 heterocycles. The third-order valence-corrected chi connectivity index (χ3v) is 3.27. The van der Waals surface area contributed by atoms with Gasteiger partial charge >= 0.3 is 0 Å². The van der Waals surface area contributed by atoms with E-state index in [1.165, 1.54) is 6.07 Å². The van der Waals surface area contributed by atoms with E-state index in [2.05, 4.69) is 12.2 Å². The van der Waals surface area contributed by atoms with Gasteiger partial charge in [-0.15, -0.1) is 0 Å². The Balaban J connectivity index is 2.35. The first-order chi connectivity index (χ1) is 9.22. The zero-order valence-electron chi connectivity index (χ0n) is 10.9. The van der Waals surface area contributed by atoms with Crippen molar-refractivity contribution >= 4 is 11.6 Å². The molecule has 0 spiro atoms. The van der Waals surface area contributed by atoms with E-state index in [9.17, 15) is 4.39 Å². The van der Waals surface area contributed by atoms with Crippen molar-refractivity contribution in [2.45, 2.75) is 19.4 Å². The number of benzene rings is 2. The largest absolute Gasteiger partial charge is 0.306 e. The van der Waals surface area contributed by atoms with Crippen LogP contribution in [0, 0.1) is 5.82 Å². The predicted molar refractivity (Wildman–Crippen MR) is 78.0 cm³/mol. The van der Waals surface area contributed by atoms with Crippen LogP contribution in [0.4, 0.5) is 4.39 Å². The van der Waals surface area contributed by atoms with Crippen molar-refractivity contribution in [3.63, 3.8) is 0 Å². The van der Waals surface area contributed by atoms with Crippen LogP contribution in [0.3, 0.4) is 0 Å². The molecule has 2 aromatic carbocycles. The lowest BCUT2D eigenvalue weighted by atomic mass is 9.98. The van der Waals surface area contributed by atoms with E-state index in [4.69, 9.17) is 11.6 Å². The molecule has 0 amide bonds. The van der Waals surface area contributed by atoms with Crippen LogP contribution in [0.2, 0.25) is 5.02 Å². The number of hydrogen-bond donors (Lipinski definition) is 1. The lowest BCUT2D eigenvalue weighted by Gasteiger charge is -2.20. The highest BCUT2D eigenvalue weighted by molar-refractivity contribution is 6.30. The second-order valence-corrected chi connectivity index (χ2v) is 4.90. The van der Waals surface area contributed by atoms with E-state index in [-0.39, 0.29) is 11.9 Å². The monoisotopic (exact) mass is 277 g/mol. The average Bonchev–Trinajstić information content (AvgIpc) is 2.43. The van der Waals surface area contributed by atoms with Gasteiger partial charge in [0.1, 0.15) is 5.82 Å². The van der Waals surface area contributed by atoms with Gasteiger partial charge in [0.2, 0.25) is 0 Å². The normalized spacial score (nSPS) is 12.4. The van der Waals surface area contributed by atoms with E-state index in [0.29, 0.717) is 10.6 Å². The van der Waals surface area contributed by atoms with Gasteiger partial charge in [-0.25, -0.2) is 4.39 Å². The van der Waals surface area contributed by atoms with Crippen molar-refractivity contribution in [2.24, 2.45) is 0 Å². The highest BCUT2D eigenvalue weighted by Crippen LogP contribution is 2.25. The summed E-state index contributed by atoms with van der Waals surface area (Å²) in [4.78, 5) is 0. The molecule has 0 saturated heterocycles. The van der Waals surface area contributed by atoms with E-state index in [1.807, 2.05) is 36.4 Å². The summed E-state index contributed by atoms with van der Waals surface area (Å²) in [6.45, 7) is 2.93. The van der Waals surface area contributed by atoms with Crippen molar-refractivity contribution in [3.05, 3.63) is 70.5 Å². The summed E-state index contributed by atoms with van der Waals surface area (Å²) in [6, 6.07) is 14.3. The molecule has 1 atom stereocenters. The molecule has 0 saturated carbocycles. The molecule has 3 heteroatoms. The molecule has 1 N–H and O–H groups in total. The van der Waals surface area contributed by atoms with Crippen molar-refractivity contribution in [1.29, 1.82) is 0 Å². The molecule has 1 unspecified atom stereocenters. The Bertz CT molecular complexity index is 525. The van der Waals surface area contributed by atoms with Crippen molar-refractivity contribution in [3.8, 4) is 0 Å². The van der Waals surface area contributed by atoms with E-state index in [1.54, 1.807) is 6.07 Å². The molecule has 2 aromatic rings. The SMILES string of the molecule is CCCNC(c1ccc(Cl)cc1)c1ccccc1F. The van der Waals surface area contributed by atoms with Gasteiger partial charge in [0.15, 0.2) is 0 Å². The van der Waals surface area contributed by atoms with Gasteiger partial charge < -0.3 is 5.32 Å². The fourth-order valence-corrected chi connectivity index (χ4v) is 2.19. The van der Waals surface area contributed by atoms with Gasteiger partial charge in [-0.1, -0.05) is 48.9 Å². The Morgan fingerprint density at radius 1 is 1.11 bits per heavy atom. The second-order valence-electron chi connectivity index (χ2n) is 4.46. The maximum atomic E-state index is 14.0. The molecule has 0 bridgehead atoms. The maximum Gasteiger partial charge on any atom is 0.128 e. The van der Waals surface area contributed by atoms with Crippen LogP contribution in [0.15, 0.2) is 48.5 Å². The quantitative estimate of drug-likeness (QED) is 0.844. The van der Waals surface area contributed by atoms with Gasteiger partial charge in [-0.2, -0.15) is 0 Å². The molecule has 0 aliphatic rings. The molecule has 0 radical (unpaired) electrons. The van der Waals surface area contributed by atoms with Gasteiger partial charge in [0, 0.05) is 10.6 Å². The van der Waals surface area contributed by atoms with Gasteiger partial charge in [-0.3, -0.25) is 0 Å². The van der Waals surface area contributed by atoms with Crippen LogP contribution in [-0.4, -0.2) is 6.54 Å². The summed E-state index contributed by atoms with van der Waals surface area (Å²) in [5.74, 6) is -0.189. The summed E-state index contributed by atoms with van der Waals surface area (Å²) in [6.07, 6.45) is 0.999. The Labute approximate surface area is 118 Å². The van der Waals surface area contributed by atoms with E-state index in [0.717, 1.165) is 18.5 Å². The van der Waals surface area contributed by atoms with E-state index >= 15 is 0 Å². The van der Waals surface area contributed by atoms with E-state index < -0.39 is 0 Å². The lowest BCUT2D eigenvalue weighted by molar-refractivity contribution is 0.547. The van der Waals surface area contributed by atoms with Crippen LogP contribution in [-0.2, 0) is 0 Å². The maximum absolute atomic E-state index is 14.0. The standard InChI is InChI=1S/C16H17ClFN/c1-2-11-19-16(12-7-9-13(17)10-8-12)14-5-3-4-6-15(14)18/h3-10,16,19H,2,11H2,1H3. The zero-order chi connectivity index (χ0) is 13.7. The van der Waals surface area contributed by atoms with Crippen molar-refractivity contribution < 1.29 is 4.39 Å². The fraction of sp³-hybridized carbons (Fsp3) is 0.250. The molecule has 19 heavy (non-hydrogen) atoms. The lowest BCUT2D eigenvalue weighted by Crippen LogP contribution is -2.24. The third-order valence-electron chi connectivity index (χ3n) is 3.02. The Morgan fingerprint density at radius 2 is 1.79 bits per heavy atom. The number of halogens is 2. The first-order valence-corrected chi connectivity index (χ1v) is 6.83. The summed E-state index contributed by atoms with van der Waals surface area (Å²) >= 11 is 5.90. The van der Waals surface area contributed by atoms with Gasteiger partial charge in [-0.05, 0) is 36.7 Å². The highest BCUT2D eigenvalue weighted by atomic mass is 35.5. The number of rotatable bonds is 5. The van der Waals surface area contributed by atoms with Crippen LogP contribution < -0.4 is 5.32 Å². The molecule has 0 aromatic heterocycles. The van der Waals surface area contributed by atoms with Crippen molar-refractivity contribution in [2.75, 3.05) is 6.54 Å². The van der Waals surface area contributed by atoms with Gasteiger partial charge in [0.05, 0.1) is 6.04 Å². The molecule has 0 fully saturated rings. The Kier molecular flexibility index (Phi) is 4.94. The Hall–Kier alpha value is -1.38. The number of nitrogens with one attached hydrogen (secondary N) is 1. The summed E-state index contributed by atoms with van der Waals surface area (Å²) < 4.78 is 14.0. The molecule has 0 aliphatic carbocycles. The molecule has 100 valence electrons. The first-order valence-electron chi connectivity index (χ1n) is 6.45. The summed E-state index contributed by atoms with van der Waals surface area (Å²) in [5, 5.41) is 4.07. The average molecular weight is 278 g/mol. The third kappa shape index (κ3) is 3.55. The van der Waals surface area contributed by atoms with Crippen LogP contribution in [0.5, 0.6) is 0 Å².